The van der Waals surface area contributed by atoms with E-state index >= 15 is 0 Å². The molecule has 6 heteroatoms. The number of aromatic nitrogens is 1. The zero-order chi connectivity index (χ0) is 19.4. The van der Waals surface area contributed by atoms with Crippen molar-refractivity contribution in [3.8, 4) is 11.6 Å². The number of pyridine rings is 1. The number of hydrogen-bond acceptors (Lipinski definition) is 4. The van der Waals surface area contributed by atoms with Crippen LogP contribution in [-0.2, 0) is 6.54 Å². The van der Waals surface area contributed by atoms with Gasteiger partial charge in [-0.25, -0.2) is 4.98 Å². The third-order valence-electron chi connectivity index (χ3n) is 5.71. The Labute approximate surface area is 166 Å². The molecule has 1 saturated carbocycles. The van der Waals surface area contributed by atoms with E-state index in [9.17, 15) is 0 Å². The number of nitrogens with one attached hydrogen (secondary N) is 2. The van der Waals surface area contributed by atoms with Gasteiger partial charge in [0.15, 0.2) is 5.96 Å². The fraction of sp³-hybridized carbons (Fsp3) is 0.455. The fourth-order valence-corrected chi connectivity index (χ4v) is 4.29. The summed E-state index contributed by atoms with van der Waals surface area (Å²) in [6.45, 7) is 0.647. The summed E-state index contributed by atoms with van der Waals surface area (Å²) < 4.78 is 11.7. The second kappa shape index (κ2) is 8.09. The summed E-state index contributed by atoms with van der Waals surface area (Å²) in [4.78, 5) is 8.59. The van der Waals surface area contributed by atoms with Crippen LogP contribution in [0.3, 0.4) is 0 Å². The van der Waals surface area contributed by atoms with Gasteiger partial charge in [0.25, 0.3) is 0 Å². The lowest BCUT2D eigenvalue weighted by molar-refractivity contribution is 0.0396. The normalized spacial score (nSPS) is 20.4. The van der Waals surface area contributed by atoms with Crippen molar-refractivity contribution >= 4 is 5.96 Å². The van der Waals surface area contributed by atoms with Crippen LogP contribution in [0.2, 0.25) is 0 Å². The van der Waals surface area contributed by atoms with E-state index in [2.05, 4.69) is 38.8 Å². The molecule has 2 heterocycles. The van der Waals surface area contributed by atoms with E-state index in [-0.39, 0.29) is 11.6 Å². The summed E-state index contributed by atoms with van der Waals surface area (Å²) in [5.74, 6) is 2.40. The number of ether oxygens (including phenoxy) is 2. The predicted octanol–water partition coefficient (Wildman–Crippen LogP) is 3.59. The standard InChI is InChI=1S/C22H28N4O2/c1-23-21(25-15-16-9-12-24-20(13-16)27-2)26-18-14-22(10-5-6-11-22)28-19-8-4-3-7-17(18)19/h3-4,7-9,12-13,18H,5-6,10-11,14-15H2,1-2H3,(H2,23,25,26). The summed E-state index contributed by atoms with van der Waals surface area (Å²) in [6.07, 6.45) is 7.46. The second-order valence-electron chi connectivity index (χ2n) is 7.56. The third-order valence-corrected chi connectivity index (χ3v) is 5.71. The van der Waals surface area contributed by atoms with Crippen LogP contribution in [0.5, 0.6) is 11.6 Å². The van der Waals surface area contributed by atoms with Crippen LogP contribution in [0.25, 0.3) is 0 Å². The monoisotopic (exact) mass is 380 g/mol. The summed E-state index contributed by atoms with van der Waals surface area (Å²) in [6, 6.07) is 12.4. The minimum absolute atomic E-state index is 0.0384. The van der Waals surface area contributed by atoms with Gasteiger partial charge >= 0.3 is 0 Å². The van der Waals surface area contributed by atoms with Crippen molar-refractivity contribution in [1.82, 2.24) is 15.6 Å². The van der Waals surface area contributed by atoms with E-state index < -0.39 is 0 Å². The molecule has 1 unspecified atom stereocenters. The van der Waals surface area contributed by atoms with Crippen molar-refractivity contribution in [2.24, 2.45) is 4.99 Å². The Morgan fingerprint density at radius 1 is 1.29 bits per heavy atom. The van der Waals surface area contributed by atoms with E-state index in [1.54, 1.807) is 20.4 Å². The Hall–Kier alpha value is -2.76. The summed E-state index contributed by atoms with van der Waals surface area (Å²) in [5, 5.41) is 7.03. The summed E-state index contributed by atoms with van der Waals surface area (Å²) >= 11 is 0. The van der Waals surface area contributed by atoms with Crippen LogP contribution in [0.1, 0.15) is 49.3 Å². The van der Waals surface area contributed by atoms with Gasteiger partial charge in [-0.05, 0) is 43.4 Å². The van der Waals surface area contributed by atoms with Crippen LogP contribution in [0.4, 0.5) is 0 Å². The number of para-hydroxylation sites is 1. The van der Waals surface area contributed by atoms with E-state index in [0.29, 0.717) is 12.4 Å². The molecular formula is C22H28N4O2. The van der Waals surface area contributed by atoms with E-state index in [0.717, 1.165) is 36.5 Å². The number of nitrogens with zero attached hydrogens (tertiary/aromatic N) is 2. The maximum absolute atomic E-state index is 6.46. The average Bonchev–Trinajstić information content (AvgIpc) is 3.18. The smallest absolute Gasteiger partial charge is 0.213 e. The lowest BCUT2D eigenvalue weighted by Crippen LogP contribution is -2.46. The highest BCUT2D eigenvalue weighted by atomic mass is 16.5. The highest BCUT2D eigenvalue weighted by Gasteiger charge is 2.43. The maximum atomic E-state index is 6.46. The Kier molecular flexibility index (Phi) is 5.37. The molecule has 2 aliphatic rings. The van der Waals surface area contributed by atoms with Crippen molar-refractivity contribution in [3.63, 3.8) is 0 Å². The van der Waals surface area contributed by atoms with E-state index in [4.69, 9.17) is 9.47 Å². The van der Waals surface area contributed by atoms with Crippen molar-refractivity contribution in [2.75, 3.05) is 14.2 Å². The van der Waals surface area contributed by atoms with Gasteiger partial charge in [0.05, 0.1) is 13.2 Å². The largest absolute Gasteiger partial charge is 0.487 e. The van der Waals surface area contributed by atoms with Crippen LogP contribution >= 0.6 is 0 Å². The minimum Gasteiger partial charge on any atom is -0.487 e. The Morgan fingerprint density at radius 3 is 2.89 bits per heavy atom. The van der Waals surface area contributed by atoms with Crippen LogP contribution in [0.15, 0.2) is 47.6 Å². The van der Waals surface area contributed by atoms with Crippen molar-refractivity contribution < 1.29 is 9.47 Å². The predicted molar refractivity (Wildman–Crippen MR) is 110 cm³/mol. The Morgan fingerprint density at radius 2 is 2.11 bits per heavy atom. The van der Waals surface area contributed by atoms with Gasteiger partial charge < -0.3 is 20.1 Å². The molecule has 28 heavy (non-hydrogen) atoms. The van der Waals surface area contributed by atoms with E-state index in [1.807, 2.05) is 18.2 Å². The fourth-order valence-electron chi connectivity index (χ4n) is 4.29. The van der Waals surface area contributed by atoms with Crippen molar-refractivity contribution in [3.05, 3.63) is 53.7 Å². The highest BCUT2D eigenvalue weighted by molar-refractivity contribution is 5.80. The van der Waals surface area contributed by atoms with Gasteiger partial charge in [-0.3, -0.25) is 4.99 Å². The van der Waals surface area contributed by atoms with Gasteiger partial charge in [-0.1, -0.05) is 18.2 Å². The molecule has 1 spiro atoms. The first-order valence-corrected chi connectivity index (χ1v) is 9.95. The van der Waals surface area contributed by atoms with Crippen LogP contribution in [-0.4, -0.2) is 30.7 Å². The number of hydrogen-bond donors (Lipinski definition) is 2. The molecule has 1 aromatic heterocycles. The zero-order valence-electron chi connectivity index (χ0n) is 16.6. The zero-order valence-corrected chi connectivity index (χ0v) is 16.6. The molecule has 4 rings (SSSR count). The minimum atomic E-state index is -0.0384. The molecule has 1 fully saturated rings. The number of methoxy groups -OCH3 is 1. The van der Waals surface area contributed by atoms with Gasteiger partial charge in [0.2, 0.25) is 5.88 Å². The Balaban J connectivity index is 1.48. The maximum Gasteiger partial charge on any atom is 0.213 e. The van der Waals surface area contributed by atoms with Crippen molar-refractivity contribution in [1.29, 1.82) is 0 Å². The van der Waals surface area contributed by atoms with Gasteiger partial charge in [-0.15, -0.1) is 0 Å². The number of rotatable bonds is 4. The molecule has 0 saturated heterocycles. The molecule has 2 aromatic rings. The topological polar surface area (TPSA) is 67.8 Å². The number of benzene rings is 1. The molecule has 1 atom stereocenters. The molecule has 6 nitrogen and oxygen atoms in total. The van der Waals surface area contributed by atoms with Gasteiger partial charge in [0, 0.05) is 37.8 Å². The molecule has 0 radical (unpaired) electrons. The first kappa shape index (κ1) is 18.6. The molecule has 1 aromatic carbocycles. The van der Waals surface area contributed by atoms with E-state index in [1.165, 1.54) is 18.4 Å². The molecule has 0 bridgehead atoms. The molecule has 148 valence electrons. The first-order chi connectivity index (χ1) is 13.7. The molecule has 0 amide bonds. The first-order valence-electron chi connectivity index (χ1n) is 9.95. The van der Waals surface area contributed by atoms with Gasteiger partial charge in [-0.2, -0.15) is 0 Å². The number of aliphatic imine (C=N–C) groups is 1. The lowest BCUT2D eigenvalue weighted by Gasteiger charge is -2.40. The highest BCUT2D eigenvalue weighted by Crippen LogP contribution is 2.46. The molecule has 1 aliphatic heterocycles. The number of guanidine groups is 1. The van der Waals surface area contributed by atoms with Crippen molar-refractivity contribution in [2.45, 2.75) is 50.3 Å². The third kappa shape index (κ3) is 3.91. The molecular weight excluding hydrogens is 352 g/mol. The molecule has 1 aliphatic carbocycles. The van der Waals surface area contributed by atoms with Gasteiger partial charge in [0.1, 0.15) is 11.4 Å². The molecule has 2 N–H and O–H groups in total. The van der Waals surface area contributed by atoms with Crippen LogP contribution < -0.4 is 20.1 Å². The summed E-state index contributed by atoms with van der Waals surface area (Å²) in [7, 11) is 3.43. The Bertz CT molecular complexity index is 846. The quantitative estimate of drug-likeness (QED) is 0.627. The van der Waals surface area contributed by atoms with Crippen LogP contribution in [0, 0.1) is 0 Å². The summed E-state index contributed by atoms with van der Waals surface area (Å²) in [5.41, 5.74) is 2.26. The second-order valence-corrected chi connectivity index (χ2v) is 7.56. The number of fused-ring (bicyclic) bond motifs is 1. The average molecular weight is 380 g/mol. The lowest BCUT2D eigenvalue weighted by atomic mass is 9.86. The SMILES string of the molecule is CN=C(NCc1ccnc(OC)c1)NC1CC2(CCCC2)Oc2ccccc21.